The van der Waals surface area contributed by atoms with Crippen molar-refractivity contribution >= 4 is 21.6 Å². The van der Waals surface area contributed by atoms with Crippen LogP contribution >= 0.6 is 0 Å². The molecule has 2 N–H and O–H groups in total. The predicted octanol–water partition coefficient (Wildman–Crippen LogP) is 3.53. The van der Waals surface area contributed by atoms with Gasteiger partial charge in [0.15, 0.2) is 15.4 Å². The Bertz CT molecular complexity index is 1340. The second-order valence-electron chi connectivity index (χ2n) is 9.10. The van der Waals surface area contributed by atoms with Crippen molar-refractivity contribution in [2.45, 2.75) is 42.8 Å². The maximum Gasteiger partial charge on any atom is 0.252 e. The number of benzene rings is 3. The zero-order valence-corrected chi connectivity index (χ0v) is 22.1. The molecule has 0 spiro atoms. The summed E-state index contributed by atoms with van der Waals surface area (Å²) in [5.41, 5.74) is 0.137. The average Bonchev–Trinajstić information content (AvgIpc) is 3.29. The molecule has 1 aliphatic rings. The Morgan fingerprint density at radius 2 is 1.68 bits per heavy atom. The minimum Gasteiger partial charge on any atom is -0.494 e. The van der Waals surface area contributed by atoms with E-state index in [0.717, 1.165) is 5.56 Å². The molecule has 1 heterocycles. The van der Waals surface area contributed by atoms with E-state index in [1.54, 1.807) is 61.5 Å². The molecular weight excluding hydrogens is 504 g/mol. The monoisotopic (exact) mass is 536 g/mol. The molecule has 9 heteroatoms. The topological polar surface area (TPSA) is 114 Å². The Hall–Kier alpha value is -3.69. The molecule has 0 saturated heterocycles. The summed E-state index contributed by atoms with van der Waals surface area (Å²) in [5.74, 6) is 0.245. The van der Waals surface area contributed by atoms with E-state index in [1.165, 1.54) is 0 Å². The summed E-state index contributed by atoms with van der Waals surface area (Å²) in [7, 11) is -3.65. The number of sulfone groups is 1. The van der Waals surface area contributed by atoms with E-state index < -0.39 is 27.4 Å². The SMILES string of the molecule is C[C@H]1OC(c2ccc(OCCCO)cc2)=N[C@@]1(CCS(=O)(=O)c1ccccc1)C(=O)NCc1ccccc1. The lowest BCUT2D eigenvalue weighted by atomic mass is 9.90. The maximum atomic E-state index is 13.6. The van der Waals surface area contributed by atoms with Gasteiger partial charge in [0.2, 0.25) is 5.90 Å². The highest BCUT2D eigenvalue weighted by atomic mass is 32.2. The Balaban J connectivity index is 1.59. The van der Waals surface area contributed by atoms with E-state index in [-0.39, 0.29) is 36.1 Å². The number of carbonyl (C=O) groups is 1. The molecule has 1 amide bonds. The maximum absolute atomic E-state index is 13.6. The normalized spacial score (nSPS) is 18.9. The zero-order valence-electron chi connectivity index (χ0n) is 21.2. The van der Waals surface area contributed by atoms with Crippen LogP contribution in [0.15, 0.2) is 94.8 Å². The number of hydrogen-bond acceptors (Lipinski definition) is 7. The van der Waals surface area contributed by atoms with Crippen LogP contribution in [0.5, 0.6) is 5.75 Å². The Morgan fingerprint density at radius 1 is 1.03 bits per heavy atom. The van der Waals surface area contributed by atoms with Crippen LogP contribution in [0.4, 0.5) is 0 Å². The van der Waals surface area contributed by atoms with Crippen molar-refractivity contribution < 1.29 is 27.8 Å². The Labute approximate surface area is 223 Å². The predicted molar refractivity (Wildman–Crippen MR) is 145 cm³/mol. The summed E-state index contributed by atoms with van der Waals surface area (Å²) in [5, 5.41) is 11.9. The first-order valence-corrected chi connectivity index (χ1v) is 14.2. The fraction of sp³-hybridized carbons (Fsp3) is 0.310. The lowest BCUT2D eigenvalue weighted by Gasteiger charge is -2.28. The molecule has 0 unspecified atom stereocenters. The van der Waals surface area contributed by atoms with Crippen LogP contribution in [0.3, 0.4) is 0 Å². The second kappa shape index (κ2) is 12.2. The Kier molecular flexibility index (Phi) is 8.81. The molecular formula is C29H32N2O6S. The van der Waals surface area contributed by atoms with Gasteiger partial charge in [-0.2, -0.15) is 0 Å². The van der Waals surface area contributed by atoms with Crippen LogP contribution in [0.2, 0.25) is 0 Å². The highest BCUT2D eigenvalue weighted by Crippen LogP contribution is 2.33. The number of rotatable bonds is 12. The van der Waals surface area contributed by atoms with Crippen molar-refractivity contribution in [2.75, 3.05) is 19.0 Å². The highest BCUT2D eigenvalue weighted by molar-refractivity contribution is 7.91. The molecule has 8 nitrogen and oxygen atoms in total. The third-order valence-corrected chi connectivity index (χ3v) is 8.21. The molecule has 3 aromatic rings. The summed E-state index contributed by atoms with van der Waals surface area (Å²) in [6.07, 6.45) is -0.209. The Morgan fingerprint density at radius 3 is 2.34 bits per heavy atom. The molecule has 0 fully saturated rings. The van der Waals surface area contributed by atoms with Crippen LogP contribution < -0.4 is 10.1 Å². The van der Waals surface area contributed by atoms with Crippen LogP contribution in [0.25, 0.3) is 0 Å². The smallest absolute Gasteiger partial charge is 0.252 e. The molecule has 38 heavy (non-hydrogen) atoms. The van der Waals surface area contributed by atoms with E-state index in [4.69, 9.17) is 19.6 Å². The number of ether oxygens (including phenoxy) is 2. The molecule has 0 saturated carbocycles. The van der Waals surface area contributed by atoms with Crippen LogP contribution in [0, 0.1) is 0 Å². The number of aliphatic imine (C=N–C) groups is 1. The van der Waals surface area contributed by atoms with Crippen LogP contribution in [-0.2, 0) is 25.9 Å². The largest absolute Gasteiger partial charge is 0.494 e. The van der Waals surface area contributed by atoms with Gasteiger partial charge in [-0.3, -0.25) is 4.79 Å². The summed E-state index contributed by atoms with van der Waals surface area (Å²) >= 11 is 0. The summed E-state index contributed by atoms with van der Waals surface area (Å²) < 4.78 is 37.8. The molecule has 2 atom stereocenters. The van der Waals surface area contributed by atoms with E-state index in [2.05, 4.69) is 5.32 Å². The van der Waals surface area contributed by atoms with Crippen molar-refractivity contribution in [3.05, 3.63) is 96.1 Å². The molecule has 0 aromatic heterocycles. The van der Waals surface area contributed by atoms with E-state index in [1.807, 2.05) is 30.3 Å². The highest BCUT2D eigenvalue weighted by Gasteiger charge is 2.50. The van der Waals surface area contributed by atoms with E-state index in [0.29, 0.717) is 24.3 Å². The first kappa shape index (κ1) is 27.3. The minimum atomic E-state index is -3.65. The molecule has 200 valence electrons. The lowest BCUT2D eigenvalue weighted by molar-refractivity contribution is -0.128. The van der Waals surface area contributed by atoms with Gasteiger partial charge >= 0.3 is 0 Å². The third kappa shape index (κ3) is 6.41. The first-order valence-electron chi connectivity index (χ1n) is 12.5. The zero-order chi connectivity index (χ0) is 27.0. The molecule has 0 bridgehead atoms. The van der Waals surface area contributed by atoms with Crippen molar-refractivity contribution in [3.8, 4) is 5.75 Å². The van der Waals surface area contributed by atoms with Gasteiger partial charge in [0.05, 0.1) is 17.3 Å². The standard InChI is InChI=1S/C29H32N2O6S/c1-22-29(28(33)30-21-23-9-4-2-5-10-23,17-20-38(34,35)26-11-6-3-7-12-26)31-27(37-22)24-13-15-25(16-14-24)36-19-8-18-32/h2-7,9-16,22,32H,8,17-21H2,1H3,(H,30,33)/t22-,29-/m1/s1. The molecule has 4 rings (SSSR count). The molecule has 3 aromatic carbocycles. The number of carbonyl (C=O) groups excluding carboxylic acids is 1. The van der Waals surface area contributed by atoms with Gasteiger partial charge in [-0.25, -0.2) is 13.4 Å². The van der Waals surface area contributed by atoms with Gasteiger partial charge in [0, 0.05) is 25.1 Å². The lowest BCUT2D eigenvalue weighted by Crippen LogP contribution is -2.51. The number of nitrogens with zero attached hydrogens (tertiary/aromatic N) is 1. The van der Waals surface area contributed by atoms with Crippen molar-refractivity contribution in [1.29, 1.82) is 0 Å². The minimum absolute atomic E-state index is 0.0438. The van der Waals surface area contributed by atoms with Crippen LogP contribution in [0.1, 0.15) is 30.9 Å². The van der Waals surface area contributed by atoms with Crippen LogP contribution in [-0.4, -0.2) is 55.9 Å². The van der Waals surface area contributed by atoms with Gasteiger partial charge in [0.1, 0.15) is 11.9 Å². The first-order chi connectivity index (χ1) is 18.3. The van der Waals surface area contributed by atoms with Gasteiger partial charge in [-0.05, 0) is 55.3 Å². The van der Waals surface area contributed by atoms with Crippen molar-refractivity contribution in [1.82, 2.24) is 5.32 Å². The van der Waals surface area contributed by atoms with E-state index >= 15 is 0 Å². The number of hydrogen-bond donors (Lipinski definition) is 2. The van der Waals surface area contributed by atoms with Gasteiger partial charge in [-0.15, -0.1) is 0 Å². The average molecular weight is 537 g/mol. The molecule has 0 radical (unpaired) electrons. The summed E-state index contributed by atoms with van der Waals surface area (Å²) in [6, 6.07) is 24.7. The quantitative estimate of drug-likeness (QED) is 0.342. The summed E-state index contributed by atoms with van der Waals surface area (Å²) in [4.78, 5) is 18.6. The number of aliphatic hydroxyl groups excluding tert-OH is 1. The van der Waals surface area contributed by atoms with Crippen molar-refractivity contribution in [3.63, 3.8) is 0 Å². The fourth-order valence-corrected chi connectivity index (χ4v) is 5.61. The van der Waals surface area contributed by atoms with Gasteiger partial charge in [-0.1, -0.05) is 48.5 Å². The van der Waals surface area contributed by atoms with Gasteiger partial charge in [0.25, 0.3) is 5.91 Å². The molecule has 0 aliphatic carbocycles. The number of aliphatic hydroxyl groups is 1. The summed E-state index contributed by atoms with van der Waals surface area (Å²) in [6.45, 7) is 2.46. The fourth-order valence-electron chi connectivity index (χ4n) is 4.22. The second-order valence-corrected chi connectivity index (χ2v) is 11.2. The third-order valence-electron chi connectivity index (χ3n) is 6.48. The van der Waals surface area contributed by atoms with E-state index in [9.17, 15) is 13.2 Å². The van der Waals surface area contributed by atoms with Crippen molar-refractivity contribution in [2.24, 2.45) is 4.99 Å². The van der Waals surface area contributed by atoms with Gasteiger partial charge < -0.3 is 19.9 Å². The number of nitrogens with one attached hydrogen (secondary N) is 1. The number of amides is 1. The molecule has 1 aliphatic heterocycles.